The average Bonchev–Trinajstić information content (AvgIpc) is 3.22. The molecule has 1 amide bonds. The lowest BCUT2D eigenvalue weighted by Crippen LogP contribution is -2.65. The fraction of sp³-hybridized carbons (Fsp3) is 0.571. The molecule has 2 aliphatic heterocycles. The van der Waals surface area contributed by atoms with E-state index in [1.54, 1.807) is 12.4 Å². The Morgan fingerprint density at radius 1 is 1.29 bits per heavy atom. The first-order chi connectivity index (χ1) is 13.7. The van der Waals surface area contributed by atoms with Gasteiger partial charge in [-0.15, -0.1) is 0 Å². The summed E-state index contributed by atoms with van der Waals surface area (Å²) in [6.07, 6.45) is 9.43. The third-order valence-electron chi connectivity index (χ3n) is 6.34. The van der Waals surface area contributed by atoms with E-state index in [-0.39, 0.29) is 17.4 Å². The summed E-state index contributed by atoms with van der Waals surface area (Å²) in [4.78, 5) is 22.4. The number of hydrogen-bond donors (Lipinski definition) is 1. The van der Waals surface area contributed by atoms with Gasteiger partial charge in [-0.3, -0.25) is 14.7 Å². The second-order valence-corrected chi connectivity index (χ2v) is 8.81. The largest absolute Gasteiger partial charge is 0.355 e. The van der Waals surface area contributed by atoms with Crippen LogP contribution in [0.5, 0.6) is 0 Å². The van der Waals surface area contributed by atoms with Crippen LogP contribution in [0.3, 0.4) is 0 Å². The Balaban J connectivity index is 1.46. The van der Waals surface area contributed by atoms with Crippen molar-refractivity contribution in [1.82, 2.24) is 24.5 Å². The first kappa shape index (κ1) is 19.5. The van der Waals surface area contributed by atoms with Gasteiger partial charge in [0, 0.05) is 49.6 Å². The second kappa shape index (κ2) is 8.68. The van der Waals surface area contributed by atoms with Crippen LogP contribution in [-0.4, -0.2) is 64.3 Å². The molecule has 0 aliphatic carbocycles. The van der Waals surface area contributed by atoms with Crippen LogP contribution in [0.15, 0.2) is 36.1 Å². The molecule has 28 heavy (non-hydrogen) atoms. The van der Waals surface area contributed by atoms with Crippen molar-refractivity contribution in [2.24, 2.45) is 5.41 Å². The maximum absolute atomic E-state index is 13.4. The maximum atomic E-state index is 13.4. The number of piperidine rings is 2. The minimum atomic E-state index is -0.271. The van der Waals surface area contributed by atoms with Crippen molar-refractivity contribution in [1.29, 1.82) is 0 Å². The van der Waals surface area contributed by atoms with Crippen molar-refractivity contribution in [3.8, 4) is 0 Å². The number of hydrogen-bond acceptors (Lipinski definition) is 6. The summed E-state index contributed by atoms with van der Waals surface area (Å²) in [5.74, 6) is 0.243. The lowest BCUT2D eigenvalue weighted by atomic mass is 9.67. The zero-order chi connectivity index (χ0) is 19.4. The molecular weight excluding hydrogens is 370 g/mol. The van der Waals surface area contributed by atoms with E-state index < -0.39 is 0 Å². The monoisotopic (exact) mass is 399 g/mol. The number of nitrogens with one attached hydrogen (secondary N) is 1. The van der Waals surface area contributed by atoms with E-state index in [0.717, 1.165) is 51.9 Å². The number of amides is 1. The molecule has 6 nitrogen and oxygen atoms in total. The van der Waals surface area contributed by atoms with Crippen LogP contribution in [0.4, 0.5) is 0 Å². The topological polar surface area (TPSA) is 61.4 Å². The van der Waals surface area contributed by atoms with Crippen LogP contribution in [0.25, 0.3) is 0 Å². The number of likely N-dealkylation sites (N-methyl/N-ethyl adjacent to an activating group) is 1. The van der Waals surface area contributed by atoms with Crippen molar-refractivity contribution in [2.45, 2.75) is 38.3 Å². The fourth-order valence-corrected chi connectivity index (χ4v) is 5.31. The Morgan fingerprint density at radius 2 is 2.14 bits per heavy atom. The molecule has 0 unspecified atom stereocenters. The van der Waals surface area contributed by atoms with E-state index in [4.69, 9.17) is 0 Å². The Bertz CT molecular complexity index is 768. The molecule has 0 radical (unpaired) electrons. The predicted octanol–water partition coefficient (Wildman–Crippen LogP) is 2.18. The molecule has 2 aliphatic rings. The van der Waals surface area contributed by atoms with Gasteiger partial charge in [-0.05, 0) is 80.6 Å². The number of rotatable bonds is 6. The van der Waals surface area contributed by atoms with Crippen LogP contribution in [0, 0.1) is 5.41 Å². The molecular formula is C21H29N5OS. The van der Waals surface area contributed by atoms with Gasteiger partial charge in [0.2, 0.25) is 5.91 Å². The van der Waals surface area contributed by atoms with Gasteiger partial charge >= 0.3 is 0 Å². The first-order valence-electron chi connectivity index (χ1n) is 10.2. The molecule has 7 heteroatoms. The predicted molar refractivity (Wildman–Crippen MR) is 111 cm³/mol. The van der Waals surface area contributed by atoms with Gasteiger partial charge in [0.05, 0.1) is 5.41 Å². The van der Waals surface area contributed by atoms with E-state index in [1.807, 2.05) is 18.3 Å². The summed E-state index contributed by atoms with van der Waals surface area (Å²) in [5, 5.41) is 5.39. The number of fused-ring (bicyclic) bond motifs is 1. The second-order valence-electron chi connectivity index (χ2n) is 8.15. The number of nitrogens with zero attached hydrogens (tertiary/aromatic N) is 4. The molecule has 0 spiro atoms. The SMILES string of the molecule is CN1CC[C@]2(C(=O)NCCc3ccncc3)CCCN(Cc3cnsc3)[C@H]2C1. The molecule has 2 fully saturated rings. The van der Waals surface area contributed by atoms with Gasteiger partial charge in [0.1, 0.15) is 0 Å². The highest BCUT2D eigenvalue weighted by atomic mass is 32.1. The molecule has 2 saturated heterocycles. The van der Waals surface area contributed by atoms with Crippen LogP contribution in [0.1, 0.15) is 30.4 Å². The number of likely N-dealkylation sites (tertiary alicyclic amines) is 2. The van der Waals surface area contributed by atoms with E-state index in [9.17, 15) is 4.79 Å². The normalized spacial score (nSPS) is 26.0. The Morgan fingerprint density at radius 3 is 2.93 bits per heavy atom. The average molecular weight is 400 g/mol. The molecule has 4 rings (SSSR count). The first-order valence-corrected chi connectivity index (χ1v) is 11.0. The van der Waals surface area contributed by atoms with Gasteiger partial charge in [-0.1, -0.05) is 0 Å². The molecule has 2 aromatic rings. The van der Waals surface area contributed by atoms with E-state index in [1.165, 1.54) is 22.7 Å². The van der Waals surface area contributed by atoms with Gasteiger partial charge in [0.25, 0.3) is 0 Å². The van der Waals surface area contributed by atoms with Crippen molar-refractivity contribution >= 4 is 17.4 Å². The van der Waals surface area contributed by atoms with Gasteiger partial charge in [-0.2, -0.15) is 0 Å². The molecule has 150 valence electrons. The molecule has 2 atom stereocenters. The maximum Gasteiger partial charge on any atom is 0.227 e. The highest BCUT2D eigenvalue weighted by Crippen LogP contribution is 2.43. The van der Waals surface area contributed by atoms with Gasteiger partial charge < -0.3 is 10.2 Å². The Hall–Kier alpha value is -1.83. The molecule has 4 heterocycles. The molecule has 0 aromatic carbocycles. The molecule has 2 aromatic heterocycles. The third-order valence-corrected chi connectivity index (χ3v) is 6.98. The quantitative estimate of drug-likeness (QED) is 0.807. The summed E-state index contributed by atoms with van der Waals surface area (Å²) < 4.78 is 4.25. The number of carbonyl (C=O) groups excluding carboxylic acids is 1. The molecule has 1 N–H and O–H groups in total. The zero-order valence-electron chi connectivity index (χ0n) is 16.5. The summed E-state index contributed by atoms with van der Waals surface area (Å²) in [6.45, 7) is 4.57. The summed E-state index contributed by atoms with van der Waals surface area (Å²) in [7, 11) is 2.17. The number of aromatic nitrogens is 2. The third kappa shape index (κ3) is 4.11. The minimum absolute atomic E-state index is 0.243. The number of carbonyl (C=O) groups is 1. The van der Waals surface area contributed by atoms with E-state index in [2.05, 4.69) is 36.9 Å². The van der Waals surface area contributed by atoms with Crippen molar-refractivity contribution in [3.05, 3.63) is 47.2 Å². The lowest BCUT2D eigenvalue weighted by Gasteiger charge is -2.53. The molecule has 0 bridgehead atoms. The summed E-state index contributed by atoms with van der Waals surface area (Å²) in [6, 6.07) is 4.29. The molecule has 0 saturated carbocycles. The van der Waals surface area contributed by atoms with Crippen molar-refractivity contribution < 1.29 is 4.79 Å². The van der Waals surface area contributed by atoms with Gasteiger partial charge in [0.15, 0.2) is 0 Å². The minimum Gasteiger partial charge on any atom is -0.355 e. The Labute approximate surface area is 171 Å². The standard InChI is InChI=1S/C21H29N5OS/c1-25-12-7-21(20(27)23-10-5-17-3-8-22-9-4-17)6-2-11-26(19(21)15-25)14-18-13-24-28-16-18/h3-4,8-9,13,16,19H,2,5-7,10-12,14-15H2,1H3,(H,23,27)/t19-,21+/m0/s1. The van der Waals surface area contributed by atoms with Crippen LogP contribution < -0.4 is 5.32 Å². The summed E-state index contributed by atoms with van der Waals surface area (Å²) >= 11 is 1.50. The highest BCUT2D eigenvalue weighted by Gasteiger charge is 2.51. The van der Waals surface area contributed by atoms with Crippen LogP contribution in [-0.2, 0) is 17.8 Å². The highest BCUT2D eigenvalue weighted by molar-refractivity contribution is 7.03. The van der Waals surface area contributed by atoms with Crippen molar-refractivity contribution in [3.63, 3.8) is 0 Å². The number of pyridine rings is 1. The lowest BCUT2D eigenvalue weighted by molar-refractivity contribution is -0.145. The van der Waals surface area contributed by atoms with Crippen LogP contribution in [0.2, 0.25) is 0 Å². The summed E-state index contributed by atoms with van der Waals surface area (Å²) in [5.41, 5.74) is 2.20. The Kier molecular flexibility index (Phi) is 6.04. The smallest absolute Gasteiger partial charge is 0.227 e. The van der Waals surface area contributed by atoms with E-state index in [0.29, 0.717) is 6.54 Å². The van der Waals surface area contributed by atoms with Crippen molar-refractivity contribution in [2.75, 3.05) is 33.2 Å². The van der Waals surface area contributed by atoms with Gasteiger partial charge in [-0.25, -0.2) is 4.37 Å². The fourth-order valence-electron chi connectivity index (χ4n) is 4.78. The van der Waals surface area contributed by atoms with Crippen LogP contribution >= 0.6 is 11.5 Å². The van der Waals surface area contributed by atoms with E-state index >= 15 is 0 Å². The zero-order valence-corrected chi connectivity index (χ0v) is 17.3.